The van der Waals surface area contributed by atoms with E-state index in [9.17, 15) is 4.79 Å². The summed E-state index contributed by atoms with van der Waals surface area (Å²) < 4.78 is 0. The number of aromatic amines is 1. The van der Waals surface area contributed by atoms with Gasteiger partial charge < -0.3 is 10.2 Å². The number of carbonyl (C=O) groups is 1. The van der Waals surface area contributed by atoms with Gasteiger partial charge in [0.25, 0.3) is 5.91 Å². The number of nitriles is 1. The van der Waals surface area contributed by atoms with Crippen LogP contribution in [0, 0.1) is 11.3 Å². The Hall–Kier alpha value is -1.91. The molecule has 0 aliphatic carbocycles. The highest BCUT2D eigenvalue weighted by Gasteiger charge is 2.22. The summed E-state index contributed by atoms with van der Waals surface area (Å²) >= 11 is 0. The van der Waals surface area contributed by atoms with Crippen LogP contribution in [0.25, 0.3) is 0 Å². The van der Waals surface area contributed by atoms with Crippen molar-refractivity contribution in [1.82, 2.24) is 20.6 Å². The molecule has 7 heteroatoms. The fourth-order valence-electron chi connectivity index (χ4n) is 1.98. The molecule has 0 aromatic carbocycles. The molecule has 0 unspecified atom stereocenters. The van der Waals surface area contributed by atoms with Crippen molar-refractivity contribution < 1.29 is 9.63 Å². The number of H-pyrrole nitrogens is 1. The fourth-order valence-corrected chi connectivity index (χ4v) is 1.98. The van der Waals surface area contributed by atoms with E-state index in [2.05, 4.69) is 15.5 Å². The SMILES string of the molecule is CON1CCC(NC(=O)c2[nH]ncc2C#N)CC1. The predicted molar refractivity (Wildman–Crippen MR) is 62.4 cm³/mol. The maximum Gasteiger partial charge on any atom is 0.270 e. The van der Waals surface area contributed by atoms with Crippen molar-refractivity contribution in [3.63, 3.8) is 0 Å². The van der Waals surface area contributed by atoms with Crippen LogP contribution in [0.5, 0.6) is 0 Å². The summed E-state index contributed by atoms with van der Waals surface area (Å²) in [6.45, 7) is 1.57. The van der Waals surface area contributed by atoms with Gasteiger partial charge in [0, 0.05) is 19.1 Å². The number of nitrogens with zero attached hydrogens (tertiary/aromatic N) is 3. The van der Waals surface area contributed by atoms with Gasteiger partial charge in [0.1, 0.15) is 17.3 Å². The van der Waals surface area contributed by atoms with Crippen molar-refractivity contribution in [2.24, 2.45) is 0 Å². The van der Waals surface area contributed by atoms with Crippen LogP contribution < -0.4 is 5.32 Å². The van der Waals surface area contributed by atoms with E-state index in [1.807, 2.05) is 11.1 Å². The first kappa shape index (κ1) is 12.5. The zero-order valence-electron chi connectivity index (χ0n) is 10.1. The maximum absolute atomic E-state index is 11.9. The Balaban J connectivity index is 1.91. The van der Waals surface area contributed by atoms with Crippen LogP contribution in [0.4, 0.5) is 0 Å². The second kappa shape index (κ2) is 5.62. The molecule has 2 heterocycles. The van der Waals surface area contributed by atoms with Gasteiger partial charge in [-0.1, -0.05) is 0 Å². The molecule has 0 saturated carbocycles. The molecule has 2 N–H and O–H groups in total. The summed E-state index contributed by atoms with van der Waals surface area (Å²) in [4.78, 5) is 17.0. The first-order valence-electron chi connectivity index (χ1n) is 5.78. The van der Waals surface area contributed by atoms with Gasteiger partial charge in [0.15, 0.2) is 0 Å². The van der Waals surface area contributed by atoms with Crippen molar-refractivity contribution in [2.45, 2.75) is 18.9 Å². The van der Waals surface area contributed by atoms with Gasteiger partial charge in [-0.15, -0.1) is 0 Å². The van der Waals surface area contributed by atoms with E-state index in [-0.39, 0.29) is 23.2 Å². The largest absolute Gasteiger partial charge is 0.348 e. The van der Waals surface area contributed by atoms with E-state index in [1.165, 1.54) is 6.20 Å². The van der Waals surface area contributed by atoms with Crippen molar-refractivity contribution in [1.29, 1.82) is 5.26 Å². The molecule has 1 aliphatic heterocycles. The molecule has 0 atom stereocenters. The number of nitrogens with one attached hydrogen (secondary N) is 2. The number of hydroxylamine groups is 2. The summed E-state index contributed by atoms with van der Waals surface area (Å²) in [6.07, 6.45) is 3.01. The zero-order chi connectivity index (χ0) is 13.0. The average molecular weight is 249 g/mol. The summed E-state index contributed by atoms with van der Waals surface area (Å²) in [6, 6.07) is 2.04. The Morgan fingerprint density at radius 1 is 1.67 bits per heavy atom. The van der Waals surface area contributed by atoms with Crippen LogP contribution >= 0.6 is 0 Å². The smallest absolute Gasteiger partial charge is 0.270 e. The number of hydrogen-bond donors (Lipinski definition) is 2. The first-order chi connectivity index (χ1) is 8.74. The molecule has 7 nitrogen and oxygen atoms in total. The van der Waals surface area contributed by atoms with E-state index in [1.54, 1.807) is 7.11 Å². The molecule has 96 valence electrons. The normalized spacial score (nSPS) is 17.3. The Morgan fingerprint density at radius 2 is 2.39 bits per heavy atom. The lowest BCUT2D eigenvalue weighted by atomic mass is 10.1. The molecule has 2 rings (SSSR count). The molecule has 18 heavy (non-hydrogen) atoms. The lowest BCUT2D eigenvalue weighted by Gasteiger charge is -2.30. The zero-order valence-corrected chi connectivity index (χ0v) is 10.1. The van der Waals surface area contributed by atoms with Crippen molar-refractivity contribution in [2.75, 3.05) is 20.2 Å². The van der Waals surface area contributed by atoms with Gasteiger partial charge >= 0.3 is 0 Å². The minimum absolute atomic E-state index is 0.110. The first-order valence-corrected chi connectivity index (χ1v) is 5.78. The van der Waals surface area contributed by atoms with Crippen molar-refractivity contribution >= 4 is 5.91 Å². The van der Waals surface area contributed by atoms with E-state index < -0.39 is 0 Å². The Morgan fingerprint density at radius 3 is 3.00 bits per heavy atom. The second-order valence-corrected chi connectivity index (χ2v) is 4.13. The highest BCUT2D eigenvalue weighted by molar-refractivity contribution is 5.94. The summed E-state index contributed by atoms with van der Waals surface area (Å²) in [5, 5.41) is 19.8. The molecular formula is C11H15N5O2. The average Bonchev–Trinajstić information content (AvgIpc) is 2.88. The minimum Gasteiger partial charge on any atom is -0.348 e. The van der Waals surface area contributed by atoms with Gasteiger partial charge in [-0.2, -0.15) is 15.4 Å². The molecule has 0 radical (unpaired) electrons. The van der Waals surface area contributed by atoms with Gasteiger partial charge in [-0.05, 0) is 12.8 Å². The minimum atomic E-state index is -0.278. The number of carbonyl (C=O) groups excluding carboxylic acids is 1. The number of aromatic nitrogens is 2. The number of rotatable bonds is 3. The molecule has 1 saturated heterocycles. The molecule has 1 aromatic rings. The number of piperidine rings is 1. The van der Waals surface area contributed by atoms with Crippen LogP contribution in [-0.4, -0.2) is 47.4 Å². The highest BCUT2D eigenvalue weighted by atomic mass is 16.7. The third kappa shape index (κ3) is 2.67. The van der Waals surface area contributed by atoms with E-state index in [0.29, 0.717) is 0 Å². The Bertz CT molecular complexity index is 456. The van der Waals surface area contributed by atoms with Gasteiger partial charge in [-0.3, -0.25) is 9.89 Å². The molecular weight excluding hydrogens is 234 g/mol. The number of amides is 1. The van der Waals surface area contributed by atoms with Crippen LogP contribution in [0.2, 0.25) is 0 Å². The summed E-state index contributed by atoms with van der Waals surface area (Å²) in [5.74, 6) is -0.278. The molecule has 1 fully saturated rings. The standard InChI is InChI=1S/C11H15N5O2/c1-18-16-4-2-9(3-5-16)14-11(17)10-8(6-12)7-13-15-10/h7,9H,2-5H2,1H3,(H,13,15)(H,14,17). The monoisotopic (exact) mass is 249 g/mol. The van der Waals surface area contributed by atoms with Crippen molar-refractivity contribution in [3.8, 4) is 6.07 Å². The maximum atomic E-state index is 11.9. The van der Waals surface area contributed by atoms with Crippen LogP contribution in [0.3, 0.4) is 0 Å². The van der Waals surface area contributed by atoms with E-state index in [4.69, 9.17) is 10.1 Å². The van der Waals surface area contributed by atoms with Crippen LogP contribution in [0.1, 0.15) is 28.9 Å². The molecule has 1 aromatic heterocycles. The van der Waals surface area contributed by atoms with Crippen LogP contribution in [-0.2, 0) is 4.84 Å². The van der Waals surface area contributed by atoms with Crippen LogP contribution in [0.15, 0.2) is 6.20 Å². The Kier molecular flexibility index (Phi) is 3.92. The second-order valence-electron chi connectivity index (χ2n) is 4.13. The number of hydrogen-bond acceptors (Lipinski definition) is 5. The summed E-state index contributed by atoms with van der Waals surface area (Å²) in [5.41, 5.74) is 0.494. The lowest BCUT2D eigenvalue weighted by Crippen LogP contribution is -2.44. The third-order valence-electron chi connectivity index (χ3n) is 3.03. The third-order valence-corrected chi connectivity index (χ3v) is 3.03. The molecule has 0 spiro atoms. The van der Waals surface area contributed by atoms with E-state index >= 15 is 0 Å². The quantitative estimate of drug-likeness (QED) is 0.788. The molecule has 0 bridgehead atoms. The fraction of sp³-hybridized carbons (Fsp3) is 0.545. The highest BCUT2D eigenvalue weighted by Crippen LogP contribution is 2.11. The van der Waals surface area contributed by atoms with Crippen molar-refractivity contribution in [3.05, 3.63) is 17.5 Å². The summed E-state index contributed by atoms with van der Waals surface area (Å²) in [7, 11) is 1.64. The lowest BCUT2D eigenvalue weighted by molar-refractivity contribution is -0.144. The molecule has 1 amide bonds. The molecule has 1 aliphatic rings. The van der Waals surface area contributed by atoms with Gasteiger partial charge in [-0.25, -0.2) is 0 Å². The predicted octanol–water partition coefficient (Wildman–Crippen LogP) is 0.0370. The van der Waals surface area contributed by atoms with Gasteiger partial charge in [0.2, 0.25) is 0 Å². The van der Waals surface area contributed by atoms with Gasteiger partial charge in [0.05, 0.1) is 13.3 Å². The Labute approximate surface area is 105 Å². The van der Waals surface area contributed by atoms with E-state index in [0.717, 1.165) is 25.9 Å². The topological polar surface area (TPSA) is 94.0 Å².